The Bertz CT molecular complexity index is 1420. The SMILES string of the molecule is CCN(CC)Cc1ccc(N=C(c2ccc3c(c2)OC=CO3)c2c(O)[nH]c3cc(Cl)ccc23)cc1. The van der Waals surface area contributed by atoms with Gasteiger partial charge >= 0.3 is 0 Å². The van der Waals surface area contributed by atoms with Crippen molar-refractivity contribution in [1.82, 2.24) is 9.88 Å². The number of nitrogens with zero attached hydrogens (tertiary/aromatic N) is 2. The highest BCUT2D eigenvalue weighted by molar-refractivity contribution is 6.31. The molecule has 1 aliphatic rings. The maximum absolute atomic E-state index is 10.9. The van der Waals surface area contributed by atoms with Gasteiger partial charge in [0.2, 0.25) is 0 Å². The molecule has 0 bridgehead atoms. The predicted molar refractivity (Wildman–Crippen MR) is 140 cm³/mol. The van der Waals surface area contributed by atoms with Crippen LogP contribution in [0.5, 0.6) is 17.4 Å². The van der Waals surface area contributed by atoms with E-state index in [0.29, 0.717) is 27.8 Å². The van der Waals surface area contributed by atoms with E-state index in [1.165, 1.54) is 18.1 Å². The van der Waals surface area contributed by atoms with Crippen LogP contribution in [-0.2, 0) is 6.54 Å². The molecule has 1 aromatic heterocycles. The van der Waals surface area contributed by atoms with Crippen molar-refractivity contribution in [2.24, 2.45) is 4.99 Å². The van der Waals surface area contributed by atoms with E-state index in [2.05, 4.69) is 35.9 Å². The van der Waals surface area contributed by atoms with Crippen LogP contribution in [0.1, 0.15) is 30.5 Å². The van der Waals surface area contributed by atoms with E-state index in [1.54, 1.807) is 12.1 Å². The quantitative estimate of drug-likeness (QED) is 0.282. The minimum absolute atomic E-state index is 0.0222. The summed E-state index contributed by atoms with van der Waals surface area (Å²) in [4.78, 5) is 10.4. The zero-order valence-electron chi connectivity index (χ0n) is 19.6. The number of hydrogen-bond donors (Lipinski definition) is 2. The summed E-state index contributed by atoms with van der Waals surface area (Å²) >= 11 is 6.19. The Hall–Kier alpha value is -3.74. The van der Waals surface area contributed by atoms with Crippen molar-refractivity contribution in [2.75, 3.05) is 13.1 Å². The van der Waals surface area contributed by atoms with Gasteiger partial charge in [0.1, 0.15) is 12.5 Å². The third-order valence-corrected chi connectivity index (χ3v) is 6.35. The van der Waals surface area contributed by atoms with Crippen molar-refractivity contribution in [1.29, 1.82) is 0 Å². The molecule has 0 fully saturated rings. The predicted octanol–water partition coefficient (Wildman–Crippen LogP) is 6.78. The molecule has 0 unspecified atom stereocenters. The average Bonchev–Trinajstić information content (AvgIpc) is 3.20. The number of hydrogen-bond acceptors (Lipinski definition) is 5. The maximum atomic E-state index is 10.9. The first-order chi connectivity index (χ1) is 17.1. The fourth-order valence-corrected chi connectivity index (χ4v) is 4.39. The third kappa shape index (κ3) is 4.76. The van der Waals surface area contributed by atoms with Gasteiger partial charge in [0.15, 0.2) is 17.4 Å². The molecule has 0 aliphatic carbocycles. The normalized spacial score (nSPS) is 13.1. The molecule has 0 saturated carbocycles. The number of rotatable bonds is 7. The zero-order chi connectivity index (χ0) is 24.4. The molecule has 0 radical (unpaired) electrons. The molecular formula is C28H26ClN3O3. The van der Waals surface area contributed by atoms with Gasteiger partial charge in [-0.05, 0) is 61.1 Å². The van der Waals surface area contributed by atoms with Gasteiger partial charge in [-0.2, -0.15) is 0 Å². The van der Waals surface area contributed by atoms with Gasteiger partial charge in [0.05, 0.1) is 22.5 Å². The Morgan fingerprint density at radius 3 is 2.43 bits per heavy atom. The lowest BCUT2D eigenvalue weighted by atomic mass is 10.00. The fourth-order valence-electron chi connectivity index (χ4n) is 4.22. The van der Waals surface area contributed by atoms with Crippen molar-refractivity contribution >= 4 is 33.9 Å². The van der Waals surface area contributed by atoms with Crippen LogP contribution < -0.4 is 9.47 Å². The molecule has 0 saturated heterocycles. The molecule has 2 N–H and O–H groups in total. The molecular weight excluding hydrogens is 462 g/mol. The fraction of sp³-hybridized carbons (Fsp3) is 0.179. The van der Waals surface area contributed by atoms with Gasteiger partial charge in [0.25, 0.3) is 0 Å². The Balaban J connectivity index is 1.61. The summed E-state index contributed by atoms with van der Waals surface area (Å²) in [5, 5.41) is 12.3. The first-order valence-corrected chi connectivity index (χ1v) is 12.0. The molecule has 7 heteroatoms. The van der Waals surface area contributed by atoms with Crippen LogP contribution in [0.25, 0.3) is 10.9 Å². The minimum atomic E-state index is 0.0222. The van der Waals surface area contributed by atoms with E-state index < -0.39 is 0 Å². The molecule has 35 heavy (non-hydrogen) atoms. The lowest BCUT2D eigenvalue weighted by molar-refractivity contribution is 0.296. The molecule has 178 valence electrons. The van der Waals surface area contributed by atoms with E-state index in [0.717, 1.165) is 41.8 Å². The molecule has 2 heterocycles. The zero-order valence-corrected chi connectivity index (χ0v) is 20.3. The largest absolute Gasteiger partial charge is 0.494 e. The summed E-state index contributed by atoms with van der Waals surface area (Å²) in [6, 6.07) is 19.3. The van der Waals surface area contributed by atoms with Gasteiger partial charge in [-0.15, -0.1) is 0 Å². The Morgan fingerprint density at radius 2 is 1.69 bits per heavy atom. The van der Waals surface area contributed by atoms with Crippen molar-refractivity contribution in [2.45, 2.75) is 20.4 Å². The van der Waals surface area contributed by atoms with E-state index >= 15 is 0 Å². The standard InChI is InChI=1S/C28H26ClN3O3/c1-3-32(4-2)17-18-5-9-21(10-6-18)30-27(19-7-12-24-25(15-19)35-14-13-34-24)26-22-11-8-20(29)16-23(22)31-28(26)33/h5-16,31,33H,3-4,17H2,1-2H3. The van der Waals surface area contributed by atoms with Crippen molar-refractivity contribution in [3.8, 4) is 17.4 Å². The topological polar surface area (TPSA) is 70.1 Å². The van der Waals surface area contributed by atoms with Crippen LogP contribution >= 0.6 is 11.6 Å². The molecule has 0 spiro atoms. The van der Waals surface area contributed by atoms with Crippen molar-refractivity contribution in [3.05, 3.63) is 94.9 Å². The number of aliphatic imine (C=N–C) groups is 1. The van der Waals surface area contributed by atoms with Crippen LogP contribution in [0.15, 0.2) is 78.2 Å². The van der Waals surface area contributed by atoms with E-state index in [1.807, 2.05) is 36.4 Å². The lowest BCUT2D eigenvalue weighted by Crippen LogP contribution is -2.21. The number of aromatic nitrogens is 1. The number of benzene rings is 3. The van der Waals surface area contributed by atoms with Gasteiger partial charge in [-0.25, -0.2) is 4.99 Å². The third-order valence-electron chi connectivity index (χ3n) is 6.12. The molecule has 6 nitrogen and oxygen atoms in total. The molecule has 4 aromatic rings. The smallest absolute Gasteiger partial charge is 0.199 e. The Morgan fingerprint density at radius 1 is 0.943 bits per heavy atom. The molecule has 3 aromatic carbocycles. The van der Waals surface area contributed by atoms with E-state index in [9.17, 15) is 5.11 Å². The van der Waals surface area contributed by atoms with Crippen LogP contribution in [0, 0.1) is 0 Å². The number of ether oxygens (including phenoxy) is 2. The number of H-pyrrole nitrogens is 1. The summed E-state index contributed by atoms with van der Waals surface area (Å²) in [6.45, 7) is 7.23. The molecule has 5 rings (SSSR count). The minimum Gasteiger partial charge on any atom is -0.494 e. The highest BCUT2D eigenvalue weighted by Gasteiger charge is 2.21. The lowest BCUT2D eigenvalue weighted by Gasteiger charge is -2.18. The summed E-state index contributed by atoms with van der Waals surface area (Å²) in [5.74, 6) is 1.22. The van der Waals surface area contributed by atoms with Crippen molar-refractivity contribution < 1.29 is 14.6 Å². The second kappa shape index (κ2) is 9.86. The van der Waals surface area contributed by atoms with Gasteiger partial charge in [0, 0.05) is 22.5 Å². The second-order valence-corrected chi connectivity index (χ2v) is 8.73. The highest BCUT2D eigenvalue weighted by Crippen LogP contribution is 2.36. The highest BCUT2D eigenvalue weighted by atomic mass is 35.5. The first-order valence-electron chi connectivity index (χ1n) is 11.6. The monoisotopic (exact) mass is 487 g/mol. The summed E-state index contributed by atoms with van der Waals surface area (Å²) < 4.78 is 11.2. The molecule has 0 amide bonds. The van der Waals surface area contributed by atoms with Crippen LogP contribution in [0.3, 0.4) is 0 Å². The van der Waals surface area contributed by atoms with Crippen LogP contribution in [0.2, 0.25) is 5.02 Å². The number of fused-ring (bicyclic) bond motifs is 2. The summed E-state index contributed by atoms with van der Waals surface area (Å²) in [5.41, 5.74) is 4.71. The van der Waals surface area contributed by atoms with Gasteiger partial charge in [-0.1, -0.05) is 43.6 Å². The number of aromatic amines is 1. The van der Waals surface area contributed by atoms with Crippen molar-refractivity contribution in [3.63, 3.8) is 0 Å². The van der Waals surface area contributed by atoms with Crippen LogP contribution in [-0.4, -0.2) is 33.8 Å². The van der Waals surface area contributed by atoms with Crippen LogP contribution in [0.4, 0.5) is 5.69 Å². The number of aromatic hydroxyl groups is 1. The number of nitrogens with one attached hydrogen (secondary N) is 1. The maximum Gasteiger partial charge on any atom is 0.199 e. The second-order valence-electron chi connectivity index (χ2n) is 8.30. The van der Waals surface area contributed by atoms with E-state index in [4.69, 9.17) is 26.1 Å². The molecule has 1 aliphatic heterocycles. The first kappa shape index (κ1) is 23.0. The Labute approximate surface area is 209 Å². The summed E-state index contributed by atoms with van der Waals surface area (Å²) in [7, 11) is 0. The van der Waals surface area contributed by atoms with E-state index in [-0.39, 0.29) is 5.88 Å². The summed E-state index contributed by atoms with van der Waals surface area (Å²) in [6.07, 6.45) is 2.98. The van der Waals surface area contributed by atoms with Gasteiger partial charge < -0.3 is 19.6 Å². The van der Waals surface area contributed by atoms with Gasteiger partial charge in [-0.3, -0.25) is 4.90 Å². The Kier molecular flexibility index (Phi) is 6.49. The number of halogens is 1. The average molecular weight is 488 g/mol. The molecule has 0 atom stereocenters.